The molecule has 0 bridgehead atoms. The smallest absolute Gasteiger partial charge is 0.197 e. The summed E-state index contributed by atoms with van der Waals surface area (Å²) < 4.78 is 29.9. The van der Waals surface area contributed by atoms with E-state index in [-0.39, 0.29) is 17.5 Å². The molecule has 5 rings (SSSR count). The van der Waals surface area contributed by atoms with Gasteiger partial charge in [0.05, 0.1) is 6.20 Å². The Balaban J connectivity index is 1.41. The number of halogens is 2. The molecule has 1 aromatic carbocycles. The highest BCUT2D eigenvalue weighted by molar-refractivity contribution is 5.45. The number of rotatable bonds is 4. The van der Waals surface area contributed by atoms with E-state index in [1.165, 1.54) is 10.7 Å². The fraction of sp³-hybridized carbons (Fsp3) is 0.190. The third kappa shape index (κ3) is 3.26. The maximum atomic E-state index is 14.3. The SMILES string of the molecule is Cc1cnn(-c2cc([C@@H]3C[C@H]3c3cnc(-c4ncccn4)nc3)cc(F)c2F)c1. The van der Waals surface area contributed by atoms with Gasteiger partial charge in [-0.1, -0.05) is 0 Å². The molecule has 1 aliphatic carbocycles. The van der Waals surface area contributed by atoms with Crippen LogP contribution in [0.1, 0.15) is 34.9 Å². The number of hydrogen-bond acceptors (Lipinski definition) is 5. The minimum atomic E-state index is -0.899. The standard InChI is InChI=1S/C21H16F2N6/c1-12-8-28-29(11-12)18-6-13(5-17(22)19(18)23)15-7-16(15)14-9-26-21(27-10-14)20-24-3-2-4-25-20/h2-6,8-11,15-16H,7H2,1H3/t15-,16-/m0/s1. The highest BCUT2D eigenvalue weighted by atomic mass is 19.2. The van der Waals surface area contributed by atoms with Crippen molar-refractivity contribution in [3.8, 4) is 17.3 Å². The summed E-state index contributed by atoms with van der Waals surface area (Å²) in [6, 6.07) is 4.67. The summed E-state index contributed by atoms with van der Waals surface area (Å²) in [5, 5.41) is 4.10. The van der Waals surface area contributed by atoms with E-state index in [4.69, 9.17) is 0 Å². The van der Waals surface area contributed by atoms with Crippen molar-refractivity contribution in [3.05, 3.63) is 83.7 Å². The topological polar surface area (TPSA) is 69.4 Å². The maximum Gasteiger partial charge on any atom is 0.197 e. The van der Waals surface area contributed by atoms with Crippen LogP contribution in [0.5, 0.6) is 0 Å². The van der Waals surface area contributed by atoms with Gasteiger partial charge in [-0.25, -0.2) is 33.4 Å². The zero-order valence-electron chi connectivity index (χ0n) is 15.5. The van der Waals surface area contributed by atoms with Gasteiger partial charge in [-0.05, 0) is 60.1 Å². The lowest BCUT2D eigenvalue weighted by atomic mass is 10.1. The molecule has 1 aliphatic rings. The lowest BCUT2D eigenvalue weighted by Gasteiger charge is -2.08. The fourth-order valence-electron chi connectivity index (χ4n) is 3.51. The zero-order valence-corrected chi connectivity index (χ0v) is 15.5. The van der Waals surface area contributed by atoms with Crippen LogP contribution in [0, 0.1) is 18.6 Å². The molecule has 8 heteroatoms. The first-order chi connectivity index (χ1) is 14.1. The highest BCUT2D eigenvalue weighted by Crippen LogP contribution is 2.54. The molecule has 0 aliphatic heterocycles. The lowest BCUT2D eigenvalue weighted by Crippen LogP contribution is -2.02. The Morgan fingerprint density at radius 2 is 1.59 bits per heavy atom. The van der Waals surface area contributed by atoms with Crippen LogP contribution in [0.15, 0.2) is 55.4 Å². The first kappa shape index (κ1) is 17.5. The number of aryl methyl sites for hydroxylation is 1. The van der Waals surface area contributed by atoms with Crippen molar-refractivity contribution in [1.29, 1.82) is 0 Å². The van der Waals surface area contributed by atoms with Gasteiger partial charge in [-0.15, -0.1) is 0 Å². The predicted octanol–water partition coefficient (Wildman–Crippen LogP) is 3.98. The second-order valence-corrected chi connectivity index (χ2v) is 7.16. The van der Waals surface area contributed by atoms with Crippen molar-refractivity contribution < 1.29 is 8.78 Å². The second-order valence-electron chi connectivity index (χ2n) is 7.16. The minimum absolute atomic E-state index is 0.0861. The Bertz CT molecular complexity index is 1170. The first-order valence-electron chi connectivity index (χ1n) is 9.20. The molecule has 4 aromatic rings. The molecule has 29 heavy (non-hydrogen) atoms. The first-order valence-corrected chi connectivity index (χ1v) is 9.20. The average molecular weight is 390 g/mol. The molecule has 1 fully saturated rings. The Hall–Kier alpha value is -3.55. The predicted molar refractivity (Wildman–Crippen MR) is 101 cm³/mol. The molecule has 6 nitrogen and oxygen atoms in total. The van der Waals surface area contributed by atoms with Gasteiger partial charge in [-0.2, -0.15) is 5.10 Å². The van der Waals surface area contributed by atoms with Crippen LogP contribution in [0.25, 0.3) is 17.3 Å². The van der Waals surface area contributed by atoms with E-state index >= 15 is 0 Å². The summed E-state index contributed by atoms with van der Waals surface area (Å²) in [4.78, 5) is 17.0. The van der Waals surface area contributed by atoms with Crippen molar-refractivity contribution in [1.82, 2.24) is 29.7 Å². The van der Waals surface area contributed by atoms with Crippen LogP contribution < -0.4 is 0 Å². The van der Waals surface area contributed by atoms with Gasteiger partial charge in [0.25, 0.3) is 0 Å². The molecule has 0 radical (unpaired) electrons. The quantitative estimate of drug-likeness (QED) is 0.527. The van der Waals surface area contributed by atoms with Crippen LogP contribution in [0.3, 0.4) is 0 Å². The van der Waals surface area contributed by atoms with E-state index in [1.807, 2.05) is 6.92 Å². The van der Waals surface area contributed by atoms with E-state index in [0.717, 1.165) is 23.1 Å². The summed E-state index contributed by atoms with van der Waals surface area (Å²) in [7, 11) is 0. The lowest BCUT2D eigenvalue weighted by molar-refractivity contribution is 0.500. The zero-order chi connectivity index (χ0) is 20.0. The van der Waals surface area contributed by atoms with E-state index in [0.29, 0.717) is 11.6 Å². The molecule has 0 saturated heterocycles. The maximum absolute atomic E-state index is 14.3. The molecule has 0 amide bonds. The number of benzene rings is 1. The Morgan fingerprint density at radius 1 is 0.897 bits per heavy atom. The van der Waals surface area contributed by atoms with E-state index < -0.39 is 11.6 Å². The molecule has 3 aromatic heterocycles. The van der Waals surface area contributed by atoms with Crippen molar-refractivity contribution in [3.63, 3.8) is 0 Å². The molecular formula is C21H16F2N6. The van der Waals surface area contributed by atoms with E-state index in [1.54, 1.807) is 49.3 Å². The van der Waals surface area contributed by atoms with Crippen LogP contribution in [-0.2, 0) is 0 Å². The molecule has 2 atom stereocenters. The molecule has 1 saturated carbocycles. The van der Waals surface area contributed by atoms with Gasteiger partial charge in [-0.3, -0.25) is 0 Å². The van der Waals surface area contributed by atoms with Crippen LogP contribution >= 0.6 is 0 Å². The summed E-state index contributed by atoms with van der Waals surface area (Å²) in [5.74, 6) is -0.601. The van der Waals surface area contributed by atoms with Gasteiger partial charge in [0.15, 0.2) is 23.3 Å². The molecule has 3 heterocycles. The van der Waals surface area contributed by atoms with Crippen molar-refractivity contribution in [2.24, 2.45) is 0 Å². The number of aromatic nitrogens is 6. The summed E-state index contributed by atoms with van der Waals surface area (Å²) in [6.07, 6.45) is 10.9. The minimum Gasteiger partial charge on any atom is -0.238 e. The normalized spacial score (nSPS) is 18.0. The van der Waals surface area contributed by atoms with Gasteiger partial charge in [0, 0.05) is 31.0 Å². The highest BCUT2D eigenvalue weighted by Gasteiger charge is 2.40. The fourth-order valence-corrected chi connectivity index (χ4v) is 3.51. The van der Waals surface area contributed by atoms with Crippen LogP contribution in [-0.4, -0.2) is 29.7 Å². The second kappa shape index (κ2) is 6.80. The summed E-state index contributed by atoms with van der Waals surface area (Å²) in [6.45, 7) is 1.85. The number of nitrogens with zero attached hydrogens (tertiary/aromatic N) is 6. The number of hydrogen-bond donors (Lipinski definition) is 0. The third-order valence-corrected chi connectivity index (χ3v) is 5.07. The summed E-state index contributed by atoms with van der Waals surface area (Å²) in [5.41, 5.74) is 2.69. The molecule has 0 N–H and O–H groups in total. The Morgan fingerprint density at radius 3 is 2.28 bits per heavy atom. The van der Waals surface area contributed by atoms with Crippen molar-refractivity contribution in [2.75, 3.05) is 0 Å². The van der Waals surface area contributed by atoms with Crippen molar-refractivity contribution >= 4 is 0 Å². The summed E-state index contributed by atoms with van der Waals surface area (Å²) >= 11 is 0. The van der Waals surface area contributed by atoms with Crippen molar-refractivity contribution in [2.45, 2.75) is 25.2 Å². The molecule has 144 valence electrons. The largest absolute Gasteiger partial charge is 0.238 e. The van der Waals surface area contributed by atoms with Gasteiger partial charge < -0.3 is 0 Å². The van der Waals surface area contributed by atoms with E-state index in [9.17, 15) is 8.78 Å². The van der Waals surface area contributed by atoms with Crippen LogP contribution in [0.4, 0.5) is 8.78 Å². The van der Waals surface area contributed by atoms with Gasteiger partial charge >= 0.3 is 0 Å². The molecule has 0 spiro atoms. The van der Waals surface area contributed by atoms with E-state index in [2.05, 4.69) is 25.0 Å². The molecule has 0 unspecified atom stereocenters. The Labute approximate surface area is 165 Å². The monoisotopic (exact) mass is 390 g/mol. The third-order valence-electron chi connectivity index (χ3n) is 5.07. The average Bonchev–Trinajstić information content (AvgIpc) is 3.44. The Kier molecular flexibility index (Phi) is 4.12. The van der Waals surface area contributed by atoms with Gasteiger partial charge in [0.2, 0.25) is 0 Å². The van der Waals surface area contributed by atoms with Crippen LogP contribution in [0.2, 0.25) is 0 Å². The van der Waals surface area contributed by atoms with Gasteiger partial charge in [0.1, 0.15) is 5.69 Å². The molecular weight excluding hydrogens is 374 g/mol.